The summed E-state index contributed by atoms with van der Waals surface area (Å²) in [7, 11) is 0. The molecule has 6 heteroatoms. The molecule has 1 N–H and O–H groups in total. The van der Waals surface area contributed by atoms with Gasteiger partial charge in [-0.05, 0) is 31.4 Å². The van der Waals surface area contributed by atoms with Crippen LogP contribution in [0.4, 0.5) is 0 Å². The zero-order valence-electron chi connectivity index (χ0n) is 12.3. The number of halogens is 1. The summed E-state index contributed by atoms with van der Waals surface area (Å²) in [5, 5.41) is 4.34. The fourth-order valence-corrected chi connectivity index (χ4v) is 3.36. The van der Waals surface area contributed by atoms with Crippen molar-refractivity contribution in [1.82, 2.24) is 14.9 Å². The average molecular weight is 336 g/mol. The van der Waals surface area contributed by atoms with Crippen LogP contribution in [0.2, 0.25) is 5.02 Å². The SMILES string of the molecule is C[C@H](Sc1nccn1C1CC1)C(=O)NCc1ccccc1Cl. The second-order valence-electron chi connectivity index (χ2n) is 5.42. The molecule has 1 atom stereocenters. The van der Waals surface area contributed by atoms with Crippen molar-refractivity contribution in [3.8, 4) is 0 Å². The van der Waals surface area contributed by atoms with E-state index in [1.165, 1.54) is 24.6 Å². The number of carbonyl (C=O) groups excluding carboxylic acids is 1. The Kier molecular flexibility index (Phi) is 4.74. The van der Waals surface area contributed by atoms with Crippen LogP contribution < -0.4 is 5.32 Å². The van der Waals surface area contributed by atoms with Gasteiger partial charge in [-0.3, -0.25) is 4.79 Å². The zero-order chi connectivity index (χ0) is 15.5. The molecule has 4 nitrogen and oxygen atoms in total. The quantitative estimate of drug-likeness (QED) is 0.819. The largest absolute Gasteiger partial charge is 0.351 e. The first-order chi connectivity index (χ1) is 10.6. The number of imidazole rings is 1. The lowest BCUT2D eigenvalue weighted by atomic mass is 10.2. The number of carbonyl (C=O) groups is 1. The summed E-state index contributed by atoms with van der Waals surface area (Å²) in [6.07, 6.45) is 6.21. The van der Waals surface area contributed by atoms with E-state index >= 15 is 0 Å². The van der Waals surface area contributed by atoms with Gasteiger partial charge in [-0.1, -0.05) is 41.6 Å². The molecule has 1 aliphatic carbocycles. The molecule has 1 amide bonds. The Morgan fingerprint density at radius 2 is 2.27 bits per heavy atom. The Bertz CT molecular complexity index is 669. The van der Waals surface area contributed by atoms with Crippen LogP contribution in [-0.2, 0) is 11.3 Å². The van der Waals surface area contributed by atoms with Crippen LogP contribution in [0.15, 0.2) is 41.8 Å². The Hall–Kier alpha value is -1.46. The van der Waals surface area contributed by atoms with E-state index in [0.29, 0.717) is 17.6 Å². The van der Waals surface area contributed by atoms with Crippen molar-refractivity contribution >= 4 is 29.3 Å². The first-order valence-corrected chi connectivity index (χ1v) is 8.61. The lowest BCUT2D eigenvalue weighted by Crippen LogP contribution is -2.30. The molecular weight excluding hydrogens is 318 g/mol. The maximum atomic E-state index is 12.2. The molecule has 1 aromatic heterocycles. The van der Waals surface area contributed by atoms with Gasteiger partial charge in [0.2, 0.25) is 5.91 Å². The summed E-state index contributed by atoms with van der Waals surface area (Å²) < 4.78 is 2.17. The molecule has 2 aromatic rings. The number of rotatable bonds is 6. The molecule has 116 valence electrons. The number of amides is 1. The van der Waals surface area contributed by atoms with Gasteiger partial charge in [-0.25, -0.2) is 4.98 Å². The van der Waals surface area contributed by atoms with Crippen molar-refractivity contribution in [2.45, 2.75) is 42.8 Å². The van der Waals surface area contributed by atoms with Crippen LogP contribution in [-0.4, -0.2) is 20.7 Å². The molecule has 1 saturated carbocycles. The molecule has 0 saturated heterocycles. The molecule has 1 heterocycles. The standard InChI is InChI=1S/C16H18ClN3OS/c1-11(22-16-18-8-9-20(16)13-6-7-13)15(21)19-10-12-4-2-3-5-14(12)17/h2-5,8-9,11,13H,6-7,10H2,1H3,(H,19,21)/t11-/m0/s1. The van der Waals surface area contributed by atoms with Gasteiger partial charge in [-0.2, -0.15) is 0 Å². The number of benzene rings is 1. The second-order valence-corrected chi connectivity index (χ2v) is 7.13. The first-order valence-electron chi connectivity index (χ1n) is 7.36. The van der Waals surface area contributed by atoms with Crippen LogP contribution in [0.25, 0.3) is 0 Å². The highest BCUT2D eigenvalue weighted by atomic mass is 35.5. The van der Waals surface area contributed by atoms with E-state index in [2.05, 4.69) is 14.9 Å². The summed E-state index contributed by atoms with van der Waals surface area (Å²) in [6.45, 7) is 2.35. The monoisotopic (exact) mass is 335 g/mol. The Labute approximate surface area is 139 Å². The van der Waals surface area contributed by atoms with E-state index in [-0.39, 0.29) is 11.2 Å². The average Bonchev–Trinajstić information content (AvgIpc) is 3.26. The Balaban J connectivity index is 1.55. The van der Waals surface area contributed by atoms with Crippen molar-refractivity contribution in [2.24, 2.45) is 0 Å². The molecule has 1 fully saturated rings. The van der Waals surface area contributed by atoms with Crippen molar-refractivity contribution in [3.63, 3.8) is 0 Å². The van der Waals surface area contributed by atoms with Crippen LogP contribution >= 0.6 is 23.4 Å². The molecule has 0 unspecified atom stereocenters. The minimum Gasteiger partial charge on any atom is -0.351 e. The maximum absolute atomic E-state index is 12.2. The fourth-order valence-electron chi connectivity index (χ4n) is 2.20. The third-order valence-electron chi connectivity index (χ3n) is 3.64. The number of hydrogen-bond donors (Lipinski definition) is 1. The van der Waals surface area contributed by atoms with E-state index in [0.717, 1.165) is 10.7 Å². The third-order valence-corrected chi connectivity index (χ3v) is 5.10. The van der Waals surface area contributed by atoms with E-state index in [9.17, 15) is 4.79 Å². The van der Waals surface area contributed by atoms with Crippen LogP contribution in [0.5, 0.6) is 0 Å². The van der Waals surface area contributed by atoms with Gasteiger partial charge in [0.15, 0.2) is 5.16 Å². The Morgan fingerprint density at radius 1 is 1.50 bits per heavy atom. The predicted molar refractivity (Wildman–Crippen MR) is 89.1 cm³/mol. The number of thioether (sulfide) groups is 1. The number of hydrogen-bond acceptors (Lipinski definition) is 3. The van der Waals surface area contributed by atoms with Gasteiger partial charge in [0.25, 0.3) is 0 Å². The van der Waals surface area contributed by atoms with Crippen LogP contribution in [0, 0.1) is 0 Å². The van der Waals surface area contributed by atoms with Gasteiger partial charge in [0.1, 0.15) is 0 Å². The van der Waals surface area contributed by atoms with Crippen molar-refractivity contribution in [3.05, 3.63) is 47.2 Å². The van der Waals surface area contributed by atoms with Crippen LogP contribution in [0.1, 0.15) is 31.4 Å². The minimum absolute atomic E-state index is 0.00438. The minimum atomic E-state index is -0.192. The van der Waals surface area contributed by atoms with Gasteiger partial charge < -0.3 is 9.88 Å². The predicted octanol–water partition coefficient (Wildman–Crippen LogP) is 3.67. The molecule has 0 aliphatic heterocycles. The topological polar surface area (TPSA) is 46.9 Å². The second kappa shape index (κ2) is 6.75. The lowest BCUT2D eigenvalue weighted by molar-refractivity contribution is -0.120. The van der Waals surface area contributed by atoms with Crippen molar-refractivity contribution in [2.75, 3.05) is 0 Å². The van der Waals surface area contributed by atoms with Gasteiger partial charge >= 0.3 is 0 Å². The fraction of sp³-hybridized carbons (Fsp3) is 0.375. The van der Waals surface area contributed by atoms with Crippen molar-refractivity contribution < 1.29 is 4.79 Å². The van der Waals surface area contributed by atoms with Crippen LogP contribution in [0.3, 0.4) is 0 Å². The third kappa shape index (κ3) is 3.65. The Morgan fingerprint density at radius 3 is 3.00 bits per heavy atom. The van der Waals surface area contributed by atoms with Gasteiger partial charge in [0, 0.05) is 30.0 Å². The maximum Gasteiger partial charge on any atom is 0.233 e. The highest BCUT2D eigenvalue weighted by molar-refractivity contribution is 8.00. The first kappa shape index (κ1) is 15.4. The summed E-state index contributed by atoms with van der Waals surface area (Å²) in [6, 6.07) is 8.11. The van der Waals surface area contributed by atoms with E-state index in [1.807, 2.05) is 37.4 Å². The summed E-state index contributed by atoms with van der Waals surface area (Å²) in [5.74, 6) is -0.00438. The van der Waals surface area contributed by atoms with Crippen molar-refractivity contribution in [1.29, 1.82) is 0 Å². The van der Waals surface area contributed by atoms with E-state index in [1.54, 1.807) is 6.20 Å². The summed E-state index contributed by atoms with van der Waals surface area (Å²) in [4.78, 5) is 16.6. The molecular formula is C16H18ClN3OS. The zero-order valence-corrected chi connectivity index (χ0v) is 13.9. The van der Waals surface area contributed by atoms with Gasteiger partial charge in [0.05, 0.1) is 5.25 Å². The number of nitrogens with one attached hydrogen (secondary N) is 1. The molecule has 1 aromatic carbocycles. The highest BCUT2D eigenvalue weighted by Gasteiger charge is 2.27. The molecule has 0 radical (unpaired) electrons. The molecule has 3 rings (SSSR count). The normalized spacial score (nSPS) is 15.5. The molecule has 22 heavy (non-hydrogen) atoms. The number of nitrogens with zero attached hydrogens (tertiary/aromatic N) is 2. The van der Waals surface area contributed by atoms with Gasteiger partial charge in [-0.15, -0.1) is 0 Å². The number of aromatic nitrogens is 2. The van der Waals surface area contributed by atoms with E-state index < -0.39 is 0 Å². The highest BCUT2D eigenvalue weighted by Crippen LogP contribution is 2.38. The summed E-state index contributed by atoms with van der Waals surface area (Å²) in [5.41, 5.74) is 0.925. The molecule has 0 bridgehead atoms. The summed E-state index contributed by atoms with van der Waals surface area (Å²) >= 11 is 7.59. The molecule has 0 spiro atoms. The molecule has 1 aliphatic rings. The van der Waals surface area contributed by atoms with E-state index in [4.69, 9.17) is 11.6 Å². The smallest absolute Gasteiger partial charge is 0.233 e. The lowest BCUT2D eigenvalue weighted by Gasteiger charge is -2.13.